The Morgan fingerprint density at radius 2 is 1.67 bits per heavy atom. The van der Waals surface area contributed by atoms with Crippen LogP contribution in [0.1, 0.15) is 23.0 Å². The predicted molar refractivity (Wildman–Crippen MR) is 88.2 cm³/mol. The van der Waals surface area contributed by atoms with Gasteiger partial charge < -0.3 is 9.64 Å². The van der Waals surface area contributed by atoms with Crippen molar-refractivity contribution in [3.05, 3.63) is 58.6 Å². The molecule has 2 atom stereocenters. The van der Waals surface area contributed by atoms with E-state index in [4.69, 9.17) is 16.3 Å². The summed E-state index contributed by atoms with van der Waals surface area (Å²) >= 11 is 6.20. The number of nitrogens with zero attached hydrogens (tertiary/aromatic N) is 1. The zero-order chi connectivity index (χ0) is 13.7. The van der Waals surface area contributed by atoms with Crippen molar-refractivity contribution in [3.8, 4) is 11.5 Å². The number of hydrogen-bond donors (Lipinski definition) is 0. The first-order valence-corrected chi connectivity index (χ1v) is 7.35. The minimum atomic E-state index is 0. The molecular formula is C17H17Cl2NO. The van der Waals surface area contributed by atoms with E-state index in [-0.39, 0.29) is 12.4 Å². The Kier molecular flexibility index (Phi) is 3.87. The van der Waals surface area contributed by atoms with Crippen molar-refractivity contribution in [2.24, 2.45) is 0 Å². The van der Waals surface area contributed by atoms with E-state index >= 15 is 0 Å². The number of para-hydroxylation sites is 1. The first-order chi connectivity index (χ1) is 9.72. The molecule has 2 nitrogen and oxygen atoms in total. The highest BCUT2D eigenvalue weighted by Gasteiger charge is 2.38. The summed E-state index contributed by atoms with van der Waals surface area (Å²) in [5, 5.41) is 0.784. The number of fused-ring (bicyclic) bond motifs is 5. The largest absolute Gasteiger partial charge is 0.457 e. The summed E-state index contributed by atoms with van der Waals surface area (Å²) in [6.07, 6.45) is 0. The molecule has 0 radical (unpaired) electrons. The molecule has 1 fully saturated rings. The molecule has 21 heavy (non-hydrogen) atoms. The van der Waals surface area contributed by atoms with Crippen molar-refractivity contribution in [1.29, 1.82) is 0 Å². The van der Waals surface area contributed by atoms with Gasteiger partial charge in [-0.2, -0.15) is 0 Å². The fraction of sp³-hybridized carbons (Fsp3) is 0.294. The smallest absolute Gasteiger partial charge is 0.131 e. The van der Waals surface area contributed by atoms with Gasteiger partial charge in [0.15, 0.2) is 0 Å². The fourth-order valence-corrected chi connectivity index (χ4v) is 3.71. The molecule has 2 aromatic carbocycles. The number of likely N-dealkylation sites (N-methyl/N-ethyl adjacent to an activating group) is 1. The van der Waals surface area contributed by atoms with Crippen LogP contribution in [0, 0.1) is 0 Å². The highest BCUT2D eigenvalue weighted by atomic mass is 35.5. The van der Waals surface area contributed by atoms with E-state index in [0.717, 1.165) is 29.6 Å². The number of hydrogen-bond acceptors (Lipinski definition) is 2. The molecule has 2 unspecified atom stereocenters. The molecule has 4 heteroatoms. The van der Waals surface area contributed by atoms with E-state index in [2.05, 4.69) is 36.2 Å². The zero-order valence-electron chi connectivity index (χ0n) is 11.8. The van der Waals surface area contributed by atoms with Crippen LogP contribution in [0.25, 0.3) is 0 Å². The molecule has 2 aromatic rings. The van der Waals surface area contributed by atoms with Crippen LogP contribution in [0.4, 0.5) is 0 Å². The molecule has 0 N–H and O–H groups in total. The quantitative estimate of drug-likeness (QED) is 0.698. The zero-order valence-corrected chi connectivity index (χ0v) is 13.3. The van der Waals surface area contributed by atoms with Gasteiger partial charge in [0.1, 0.15) is 11.5 Å². The Bertz CT molecular complexity index is 674. The molecule has 0 bridgehead atoms. The van der Waals surface area contributed by atoms with Crippen molar-refractivity contribution in [3.63, 3.8) is 0 Å². The normalized spacial score (nSPS) is 23.1. The molecule has 0 saturated carbocycles. The minimum absolute atomic E-state index is 0. The lowest BCUT2D eigenvalue weighted by atomic mass is 9.84. The van der Waals surface area contributed by atoms with Crippen LogP contribution in [-0.2, 0) is 0 Å². The Morgan fingerprint density at radius 1 is 1.00 bits per heavy atom. The maximum absolute atomic E-state index is 6.20. The standard InChI is InChI=1S/C17H16ClNO.ClH/c1-19-9-14-12-4-2-3-5-16(12)20-17-7-6-11(18)8-13(17)15(14)10-19;/h2-8,14-15H,9-10H2,1H3;1H. The summed E-state index contributed by atoms with van der Waals surface area (Å²) in [5.41, 5.74) is 2.55. The number of likely N-dealkylation sites (tertiary alicyclic amines) is 1. The molecule has 2 aliphatic rings. The molecule has 0 amide bonds. The summed E-state index contributed by atoms with van der Waals surface area (Å²) in [7, 11) is 2.18. The molecule has 0 spiro atoms. The second kappa shape index (κ2) is 5.53. The van der Waals surface area contributed by atoms with Crippen molar-refractivity contribution in [1.82, 2.24) is 4.90 Å². The maximum Gasteiger partial charge on any atom is 0.131 e. The third-order valence-corrected chi connectivity index (χ3v) is 4.65. The average Bonchev–Trinajstić information content (AvgIpc) is 2.78. The average molecular weight is 322 g/mol. The third-order valence-electron chi connectivity index (χ3n) is 4.41. The van der Waals surface area contributed by atoms with Gasteiger partial charge in [-0.1, -0.05) is 29.8 Å². The summed E-state index contributed by atoms with van der Waals surface area (Å²) in [4.78, 5) is 2.39. The second-order valence-electron chi connectivity index (χ2n) is 5.76. The van der Waals surface area contributed by atoms with Crippen molar-refractivity contribution < 1.29 is 4.74 Å². The van der Waals surface area contributed by atoms with E-state index in [1.807, 2.05) is 18.2 Å². The SMILES string of the molecule is CN1CC2c3ccccc3Oc3ccc(Cl)cc3C2C1.Cl. The summed E-state index contributed by atoms with van der Waals surface area (Å²) < 4.78 is 6.15. The number of ether oxygens (including phenoxy) is 1. The van der Waals surface area contributed by atoms with Gasteiger partial charge in [0.05, 0.1) is 0 Å². The van der Waals surface area contributed by atoms with Crippen molar-refractivity contribution in [2.45, 2.75) is 11.8 Å². The van der Waals surface area contributed by atoms with Gasteiger partial charge >= 0.3 is 0 Å². The summed E-state index contributed by atoms with van der Waals surface area (Å²) in [5.74, 6) is 2.87. The van der Waals surface area contributed by atoms with Gasteiger partial charge in [-0.15, -0.1) is 12.4 Å². The maximum atomic E-state index is 6.20. The van der Waals surface area contributed by atoms with E-state index in [0.29, 0.717) is 11.8 Å². The Labute approximate surface area is 136 Å². The van der Waals surface area contributed by atoms with Crippen LogP contribution in [0.15, 0.2) is 42.5 Å². The summed E-state index contributed by atoms with van der Waals surface area (Å²) in [6, 6.07) is 14.4. The van der Waals surface area contributed by atoms with Crippen LogP contribution >= 0.6 is 24.0 Å². The van der Waals surface area contributed by atoms with Crippen LogP contribution in [0.5, 0.6) is 11.5 Å². The third kappa shape index (κ3) is 2.42. The highest BCUT2D eigenvalue weighted by Crippen LogP contribution is 2.49. The lowest BCUT2D eigenvalue weighted by Gasteiger charge is -2.17. The number of benzene rings is 2. The molecule has 2 aliphatic heterocycles. The van der Waals surface area contributed by atoms with Crippen LogP contribution < -0.4 is 4.74 Å². The first kappa shape index (κ1) is 14.7. The van der Waals surface area contributed by atoms with E-state index in [1.54, 1.807) is 0 Å². The topological polar surface area (TPSA) is 12.5 Å². The predicted octanol–water partition coefficient (Wildman–Crippen LogP) is 4.68. The van der Waals surface area contributed by atoms with Gasteiger partial charge in [0, 0.05) is 35.5 Å². The van der Waals surface area contributed by atoms with Crippen LogP contribution in [0.3, 0.4) is 0 Å². The second-order valence-corrected chi connectivity index (χ2v) is 6.19. The lowest BCUT2D eigenvalue weighted by molar-refractivity contribution is 0.401. The van der Waals surface area contributed by atoms with Gasteiger partial charge in [0.2, 0.25) is 0 Å². The Hall–Kier alpha value is -1.22. The van der Waals surface area contributed by atoms with E-state index in [9.17, 15) is 0 Å². The molecule has 110 valence electrons. The van der Waals surface area contributed by atoms with Gasteiger partial charge in [-0.25, -0.2) is 0 Å². The van der Waals surface area contributed by atoms with Gasteiger partial charge in [-0.3, -0.25) is 0 Å². The monoisotopic (exact) mass is 321 g/mol. The highest BCUT2D eigenvalue weighted by molar-refractivity contribution is 6.30. The molecule has 1 saturated heterocycles. The Morgan fingerprint density at radius 3 is 2.48 bits per heavy atom. The molecule has 0 aromatic heterocycles. The van der Waals surface area contributed by atoms with Crippen LogP contribution in [0.2, 0.25) is 5.02 Å². The van der Waals surface area contributed by atoms with Gasteiger partial charge in [-0.05, 0) is 36.9 Å². The summed E-state index contributed by atoms with van der Waals surface area (Å²) in [6.45, 7) is 2.12. The molecular weight excluding hydrogens is 305 g/mol. The molecule has 0 aliphatic carbocycles. The Balaban J connectivity index is 0.00000132. The molecule has 4 rings (SSSR count). The van der Waals surface area contributed by atoms with Crippen molar-refractivity contribution >= 4 is 24.0 Å². The number of rotatable bonds is 0. The van der Waals surface area contributed by atoms with Crippen LogP contribution in [-0.4, -0.2) is 25.0 Å². The number of halogens is 2. The van der Waals surface area contributed by atoms with Gasteiger partial charge in [0.25, 0.3) is 0 Å². The minimum Gasteiger partial charge on any atom is -0.457 e. The van der Waals surface area contributed by atoms with E-state index in [1.165, 1.54) is 11.1 Å². The molecule has 2 heterocycles. The fourth-order valence-electron chi connectivity index (χ4n) is 3.53. The van der Waals surface area contributed by atoms with Crippen molar-refractivity contribution in [2.75, 3.05) is 20.1 Å². The van der Waals surface area contributed by atoms with E-state index < -0.39 is 0 Å². The lowest BCUT2D eigenvalue weighted by Crippen LogP contribution is -2.14. The first-order valence-electron chi connectivity index (χ1n) is 6.97.